The fraction of sp³-hybridized carbons (Fsp3) is 0.667. The number of hydrogen-bond donors (Lipinski definition) is 1. The second-order valence-electron chi connectivity index (χ2n) is 6.13. The number of rotatable bonds is 10. The van der Waals surface area contributed by atoms with Gasteiger partial charge in [0.15, 0.2) is 0 Å². The number of halogens is 2. The fourth-order valence-electron chi connectivity index (χ4n) is 2.33. The van der Waals surface area contributed by atoms with E-state index in [1.54, 1.807) is 0 Å². The van der Waals surface area contributed by atoms with Crippen molar-refractivity contribution in [2.75, 3.05) is 19.1 Å². The highest BCUT2D eigenvalue weighted by Gasteiger charge is 2.37. The van der Waals surface area contributed by atoms with E-state index in [2.05, 4.69) is 10.4 Å². The zero-order chi connectivity index (χ0) is 20.0. The monoisotopic (exact) mass is 427 g/mol. The highest BCUT2D eigenvalue weighted by molar-refractivity contribution is 7.90. The van der Waals surface area contributed by atoms with Gasteiger partial charge in [-0.1, -0.05) is 0 Å². The summed E-state index contributed by atoms with van der Waals surface area (Å²) in [7, 11) is -1.87. The minimum Gasteiger partial charge on any atom is -0.467 e. The molecule has 0 aliphatic heterocycles. The summed E-state index contributed by atoms with van der Waals surface area (Å²) in [6.07, 6.45) is 3.36. The number of amides is 1. The number of alkyl halides is 2. The zero-order valence-corrected chi connectivity index (χ0v) is 17.2. The van der Waals surface area contributed by atoms with Crippen molar-refractivity contribution in [3.8, 4) is 0 Å². The molecule has 1 aromatic heterocycles. The molecule has 11 heteroatoms. The van der Waals surface area contributed by atoms with Gasteiger partial charge in [0.2, 0.25) is 0 Å². The van der Waals surface area contributed by atoms with Gasteiger partial charge in [0, 0.05) is 19.0 Å². The van der Waals surface area contributed by atoms with Crippen LogP contribution in [-0.4, -0.2) is 59.6 Å². The molecule has 26 heavy (non-hydrogen) atoms. The molecule has 1 atom stereocenters. The third kappa shape index (κ3) is 7.13. The molecule has 0 saturated heterocycles. The first-order valence-electron chi connectivity index (χ1n) is 7.87. The number of aryl methyl sites for hydroxylation is 1. The number of hydrogen-bond acceptors (Lipinski definition) is 6. The van der Waals surface area contributed by atoms with Gasteiger partial charge in [0.1, 0.15) is 25.9 Å². The third-order valence-electron chi connectivity index (χ3n) is 3.72. The average molecular weight is 428 g/mol. The van der Waals surface area contributed by atoms with Gasteiger partial charge in [-0.15, -0.1) is 23.2 Å². The quantitative estimate of drug-likeness (QED) is 0.448. The number of carbonyl (C=O) groups excluding carboxylic acids is 2. The smallest absolute Gasteiger partial charge is 0.331 e. The van der Waals surface area contributed by atoms with Gasteiger partial charge < -0.3 is 10.1 Å². The number of aromatic nitrogens is 2. The second-order valence-corrected chi connectivity index (χ2v) is 9.67. The molecule has 0 spiro atoms. The summed E-state index contributed by atoms with van der Waals surface area (Å²) in [5.41, 5.74) is -1.10. The van der Waals surface area contributed by atoms with Gasteiger partial charge >= 0.3 is 5.97 Å². The number of ether oxygens (including phenoxy) is 1. The van der Waals surface area contributed by atoms with Crippen LogP contribution in [0.3, 0.4) is 0 Å². The van der Waals surface area contributed by atoms with Crippen LogP contribution in [0, 0.1) is 0 Å². The molecule has 8 nitrogen and oxygen atoms in total. The molecular formula is C15H23Cl2N3O5S. The normalized spacial score (nSPS) is 14.1. The van der Waals surface area contributed by atoms with Crippen molar-refractivity contribution in [3.05, 3.63) is 18.0 Å². The molecule has 0 saturated carbocycles. The fourth-order valence-corrected chi connectivity index (χ4v) is 3.21. The van der Waals surface area contributed by atoms with Crippen LogP contribution in [0.2, 0.25) is 0 Å². The van der Waals surface area contributed by atoms with Gasteiger partial charge in [-0.2, -0.15) is 5.10 Å². The Kier molecular flexibility index (Phi) is 8.36. The molecule has 1 heterocycles. The Hall–Kier alpha value is -1.32. The molecular weight excluding hydrogens is 405 g/mol. The Balaban J connectivity index is 2.87. The van der Waals surface area contributed by atoms with Crippen LogP contribution < -0.4 is 5.32 Å². The van der Waals surface area contributed by atoms with E-state index in [1.807, 2.05) is 0 Å². The van der Waals surface area contributed by atoms with Crippen molar-refractivity contribution in [2.24, 2.45) is 0 Å². The van der Waals surface area contributed by atoms with Gasteiger partial charge in [0.25, 0.3) is 5.91 Å². The maximum atomic E-state index is 12.6. The molecule has 1 rings (SSSR count). The molecule has 0 fully saturated rings. The molecule has 0 aliphatic rings. The van der Waals surface area contributed by atoms with E-state index >= 15 is 0 Å². The van der Waals surface area contributed by atoms with Crippen LogP contribution >= 0.6 is 23.2 Å². The minimum absolute atomic E-state index is 0.0133. The van der Waals surface area contributed by atoms with Crippen molar-refractivity contribution < 1.29 is 22.7 Å². The Labute approximate surface area is 163 Å². The number of methoxy groups -OCH3 is 1. The standard InChI is InChI=1S/C15H23Cl2N3O5S/c1-15(14(22)25-2,7-5-12(16)17)19-13(21)11-6-8-18-20(11)9-4-10-26(3,23)24/h6,8,12H,4-5,7,9-10H2,1-3H3,(H,19,21)/t15-/m0/s1. The predicted octanol–water partition coefficient (Wildman–Crippen LogP) is 1.56. The van der Waals surface area contributed by atoms with E-state index in [9.17, 15) is 18.0 Å². The number of sulfone groups is 1. The van der Waals surface area contributed by atoms with Crippen LogP contribution in [0.1, 0.15) is 36.7 Å². The van der Waals surface area contributed by atoms with Crippen LogP contribution in [-0.2, 0) is 25.9 Å². The van der Waals surface area contributed by atoms with E-state index < -0.39 is 32.1 Å². The lowest BCUT2D eigenvalue weighted by Gasteiger charge is -2.28. The Morgan fingerprint density at radius 2 is 2.08 bits per heavy atom. The molecule has 148 valence electrons. The molecule has 0 radical (unpaired) electrons. The van der Waals surface area contributed by atoms with E-state index in [0.29, 0.717) is 6.42 Å². The molecule has 0 aromatic carbocycles. The topological polar surface area (TPSA) is 107 Å². The van der Waals surface area contributed by atoms with Gasteiger partial charge in [-0.25, -0.2) is 13.2 Å². The van der Waals surface area contributed by atoms with Gasteiger partial charge in [-0.05, 0) is 32.3 Å². The molecule has 1 aromatic rings. The molecule has 1 N–H and O–H groups in total. The van der Waals surface area contributed by atoms with Crippen LogP contribution in [0.5, 0.6) is 0 Å². The van der Waals surface area contributed by atoms with Gasteiger partial charge in [0.05, 0.1) is 12.9 Å². The van der Waals surface area contributed by atoms with E-state index in [4.69, 9.17) is 27.9 Å². The van der Waals surface area contributed by atoms with E-state index in [1.165, 1.54) is 31.0 Å². The predicted molar refractivity (Wildman–Crippen MR) is 99.2 cm³/mol. The van der Waals surface area contributed by atoms with Crippen molar-refractivity contribution >= 4 is 44.9 Å². The summed E-state index contributed by atoms with van der Waals surface area (Å²) in [4.78, 5) is 24.0. The Bertz CT molecular complexity index is 735. The summed E-state index contributed by atoms with van der Waals surface area (Å²) in [5.74, 6) is -1.17. The molecule has 0 unspecified atom stereocenters. The number of nitrogens with zero attached hydrogens (tertiary/aromatic N) is 2. The van der Waals surface area contributed by atoms with Crippen LogP contribution in [0.15, 0.2) is 12.3 Å². The van der Waals surface area contributed by atoms with Crippen LogP contribution in [0.25, 0.3) is 0 Å². The third-order valence-corrected chi connectivity index (χ3v) is 5.19. The summed E-state index contributed by atoms with van der Waals surface area (Å²) in [6, 6.07) is 1.49. The second kappa shape index (κ2) is 9.57. The summed E-state index contributed by atoms with van der Waals surface area (Å²) < 4.78 is 28.6. The lowest BCUT2D eigenvalue weighted by atomic mass is 9.96. The van der Waals surface area contributed by atoms with Crippen molar-refractivity contribution in [2.45, 2.75) is 43.1 Å². The summed E-state index contributed by atoms with van der Waals surface area (Å²) in [5, 5.41) is 6.67. The molecule has 0 aliphatic carbocycles. The van der Waals surface area contributed by atoms with Crippen molar-refractivity contribution in [1.82, 2.24) is 15.1 Å². The maximum absolute atomic E-state index is 12.6. The first-order valence-corrected chi connectivity index (χ1v) is 10.8. The number of esters is 1. The molecule has 0 bridgehead atoms. The largest absolute Gasteiger partial charge is 0.467 e. The summed E-state index contributed by atoms with van der Waals surface area (Å²) >= 11 is 11.4. The first-order chi connectivity index (χ1) is 12.0. The minimum atomic E-state index is -3.10. The van der Waals surface area contributed by atoms with E-state index in [0.717, 1.165) is 6.26 Å². The summed E-state index contributed by atoms with van der Waals surface area (Å²) in [6.45, 7) is 1.78. The SMILES string of the molecule is COC(=O)[C@](C)(CCC(Cl)Cl)NC(=O)c1ccnn1CCCS(C)(=O)=O. The van der Waals surface area contributed by atoms with Crippen molar-refractivity contribution in [1.29, 1.82) is 0 Å². The van der Waals surface area contributed by atoms with Gasteiger partial charge in [-0.3, -0.25) is 9.48 Å². The Morgan fingerprint density at radius 3 is 2.62 bits per heavy atom. The Morgan fingerprint density at radius 1 is 1.42 bits per heavy atom. The van der Waals surface area contributed by atoms with Crippen LogP contribution in [0.4, 0.5) is 0 Å². The molecule has 1 amide bonds. The maximum Gasteiger partial charge on any atom is 0.331 e. The number of carbonyl (C=O) groups is 2. The number of nitrogens with one attached hydrogen (secondary N) is 1. The highest BCUT2D eigenvalue weighted by atomic mass is 35.5. The van der Waals surface area contributed by atoms with E-state index in [-0.39, 0.29) is 30.8 Å². The lowest BCUT2D eigenvalue weighted by molar-refractivity contribution is -0.147. The van der Waals surface area contributed by atoms with Crippen molar-refractivity contribution in [3.63, 3.8) is 0 Å². The highest BCUT2D eigenvalue weighted by Crippen LogP contribution is 2.20. The first kappa shape index (κ1) is 22.7. The lowest BCUT2D eigenvalue weighted by Crippen LogP contribution is -2.53. The zero-order valence-electron chi connectivity index (χ0n) is 14.9. The average Bonchev–Trinajstić information content (AvgIpc) is 2.99.